The summed E-state index contributed by atoms with van der Waals surface area (Å²) in [6, 6.07) is 4.85. The SMILES string of the molecule is C=N/C(=C\C=C(/C)C(=O)N(C)Cc1nccs1)N1CC2=C(CN(C(=O)c3ccccc3C(F)(F)F)C2)C1. The van der Waals surface area contributed by atoms with Crippen LogP contribution in [0.2, 0.25) is 0 Å². The second-order valence-corrected chi connectivity index (χ2v) is 9.87. The van der Waals surface area contributed by atoms with Crippen LogP contribution in [0, 0.1) is 0 Å². The number of thiazole rings is 1. The standard InChI is InChI=1S/C26H26F3N5O2S/c1-17(24(35)32(3)16-23-31-10-11-37-23)8-9-22(30-2)33-12-18-14-34(15-19(18)13-33)25(36)20-6-4-5-7-21(20)26(27,28)29/h4-11H,2,12-16H2,1,3H3/b17-8+,22-9+. The second-order valence-electron chi connectivity index (χ2n) is 8.89. The van der Waals surface area contributed by atoms with Crippen LogP contribution in [0.1, 0.15) is 27.9 Å². The maximum absolute atomic E-state index is 13.4. The van der Waals surface area contributed by atoms with E-state index in [1.165, 1.54) is 34.4 Å². The van der Waals surface area contributed by atoms with E-state index in [2.05, 4.69) is 16.7 Å². The lowest BCUT2D eigenvalue weighted by molar-refractivity contribution is -0.138. The third-order valence-electron chi connectivity index (χ3n) is 6.29. The van der Waals surface area contributed by atoms with Gasteiger partial charge in [0.15, 0.2) is 0 Å². The average molecular weight is 530 g/mol. The quantitative estimate of drug-likeness (QED) is 0.231. The van der Waals surface area contributed by atoms with Crippen LogP contribution < -0.4 is 0 Å². The summed E-state index contributed by atoms with van der Waals surface area (Å²) in [5.74, 6) is -0.194. The van der Waals surface area contributed by atoms with E-state index < -0.39 is 17.6 Å². The molecule has 3 heterocycles. The number of alkyl halides is 3. The Hall–Kier alpha value is -3.73. The van der Waals surface area contributed by atoms with E-state index in [0.717, 1.165) is 22.2 Å². The van der Waals surface area contributed by atoms with E-state index >= 15 is 0 Å². The van der Waals surface area contributed by atoms with Crippen LogP contribution in [0.4, 0.5) is 13.2 Å². The average Bonchev–Trinajstić information content (AvgIpc) is 3.60. The van der Waals surface area contributed by atoms with E-state index in [1.54, 1.807) is 37.2 Å². The van der Waals surface area contributed by atoms with Crippen molar-refractivity contribution < 1.29 is 22.8 Å². The third-order valence-corrected chi connectivity index (χ3v) is 7.05. The van der Waals surface area contributed by atoms with Crippen LogP contribution in [-0.4, -0.2) is 71.4 Å². The fourth-order valence-electron chi connectivity index (χ4n) is 4.41. The maximum Gasteiger partial charge on any atom is 0.417 e. The van der Waals surface area contributed by atoms with Gasteiger partial charge in [-0.1, -0.05) is 18.2 Å². The summed E-state index contributed by atoms with van der Waals surface area (Å²) < 4.78 is 40.1. The van der Waals surface area contributed by atoms with E-state index in [1.807, 2.05) is 10.3 Å². The Morgan fingerprint density at radius 2 is 1.78 bits per heavy atom. The molecule has 1 aromatic heterocycles. The van der Waals surface area contributed by atoms with Crippen LogP contribution in [0.25, 0.3) is 0 Å². The predicted octanol–water partition coefficient (Wildman–Crippen LogP) is 4.38. The number of aliphatic imine (C=N–C) groups is 1. The van der Waals surface area contributed by atoms with E-state index in [9.17, 15) is 22.8 Å². The van der Waals surface area contributed by atoms with Crippen LogP contribution in [-0.2, 0) is 17.5 Å². The van der Waals surface area contributed by atoms with E-state index in [4.69, 9.17) is 0 Å². The Bertz CT molecular complexity index is 1280. The molecule has 0 spiro atoms. The molecule has 194 valence electrons. The fraction of sp³-hybridized carbons (Fsp3) is 0.308. The van der Waals surface area contributed by atoms with Gasteiger partial charge in [-0.25, -0.2) is 9.98 Å². The minimum atomic E-state index is -4.60. The first kappa shape index (κ1) is 26.3. The Kier molecular flexibility index (Phi) is 7.63. The number of benzene rings is 1. The molecule has 1 aromatic carbocycles. The zero-order valence-electron chi connectivity index (χ0n) is 20.5. The van der Waals surface area contributed by atoms with Gasteiger partial charge in [0.2, 0.25) is 5.91 Å². The molecule has 2 aromatic rings. The van der Waals surface area contributed by atoms with Crippen molar-refractivity contribution in [1.82, 2.24) is 19.7 Å². The van der Waals surface area contributed by atoms with Gasteiger partial charge >= 0.3 is 6.18 Å². The number of hydrogen-bond acceptors (Lipinski definition) is 6. The van der Waals surface area contributed by atoms with E-state index in [0.29, 0.717) is 31.0 Å². The summed E-state index contributed by atoms with van der Waals surface area (Å²) >= 11 is 1.48. The minimum Gasteiger partial charge on any atom is -0.348 e. The van der Waals surface area contributed by atoms with Gasteiger partial charge in [0.1, 0.15) is 10.8 Å². The number of nitrogens with zero attached hydrogens (tertiary/aromatic N) is 5. The van der Waals surface area contributed by atoms with Gasteiger partial charge in [0, 0.05) is 50.4 Å². The Balaban J connectivity index is 1.38. The molecule has 0 fully saturated rings. The van der Waals surface area contributed by atoms with Crippen LogP contribution in [0.3, 0.4) is 0 Å². The molecule has 0 bridgehead atoms. The zero-order chi connectivity index (χ0) is 26.7. The topological polar surface area (TPSA) is 69.1 Å². The molecule has 2 amide bonds. The van der Waals surface area contributed by atoms with Gasteiger partial charge in [-0.05, 0) is 43.0 Å². The van der Waals surface area contributed by atoms with Crippen molar-refractivity contribution >= 4 is 29.9 Å². The first-order valence-electron chi connectivity index (χ1n) is 11.5. The molecule has 2 aliphatic heterocycles. The van der Waals surface area contributed by atoms with Crippen molar-refractivity contribution in [1.29, 1.82) is 0 Å². The number of halogens is 3. The van der Waals surface area contributed by atoms with Crippen molar-refractivity contribution in [3.05, 3.63) is 86.7 Å². The van der Waals surface area contributed by atoms with Gasteiger partial charge in [0.05, 0.1) is 17.7 Å². The second kappa shape index (κ2) is 10.7. The predicted molar refractivity (Wildman–Crippen MR) is 136 cm³/mol. The normalized spacial score (nSPS) is 16.4. The summed E-state index contributed by atoms with van der Waals surface area (Å²) in [5.41, 5.74) is 1.22. The van der Waals surface area contributed by atoms with Gasteiger partial charge in [-0.15, -0.1) is 11.3 Å². The molecule has 37 heavy (non-hydrogen) atoms. The summed E-state index contributed by atoms with van der Waals surface area (Å²) in [6.07, 6.45) is 0.515. The third kappa shape index (κ3) is 5.82. The molecule has 0 radical (unpaired) electrons. The number of amides is 2. The largest absolute Gasteiger partial charge is 0.417 e. The molecular weight excluding hydrogens is 503 g/mol. The highest BCUT2D eigenvalue weighted by Crippen LogP contribution is 2.34. The molecule has 2 aliphatic rings. The Labute approximate surface area is 216 Å². The zero-order valence-corrected chi connectivity index (χ0v) is 21.3. The monoisotopic (exact) mass is 529 g/mol. The van der Waals surface area contributed by atoms with Gasteiger partial charge < -0.3 is 14.7 Å². The molecular formula is C26H26F3N5O2S. The van der Waals surface area contributed by atoms with Crippen molar-refractivity contribution in [2.24, 2.45) is 4.99 Å². The van der Waals surface area contributed by atoms with Crippen LogP contribution >= 0.6 is 11.3 Å². The van der Waals surface area contributed by atoms with Crippen LogP contribution in [0.5, 0.6) is 0 Å². The number of carbonyl (C=O) groups excluding carboxylic acids is 2. The molecule has 0 N–H and O–H groups in total. The summed E-state index contributed by atoms with van der Waals surface area (Å²) in [4.78, 5) is 38.9. The van der Waals surface area contributed by atoms with Crippen molar-refractivity contribution in [3.8, 4) is 0 Å². The number of likely N-dealkylation sites (N-methyl/N-ethyl adjacent to an activating group) is 1. The highest BCUT2D eigenvalue weighted by atomic mass is 32.1. The highest BCUT2D eigenvalue weighted by Gasteiger charge is 2.38. The lowest BCUT2D eigenvalue weighted by Crippen LogP contribution is -2.34. The molecule has 0 saturated carbocycles. The number of aromatic nitrogens is 1. The van der Waals surface area contributed by atoms with Crippen molar-refractivity contribution in [2.75, 3.05) is 33.2 Å². The van der Waals surface area contributed by atoms with Crippen molar-refractivity contribution in [3.63, 3.8) is 0 Å². The van der Waals surface area contributed by atoms with Gasteiger partial charge in [-0.3, -0.25) is 9.59 Å². The molecule has 0 aliphatic carbocycles. The first-order valence-corrected chi connectivity index (χ1v) is 12.4. The van der Waals surface area contributed by atoms with Crippen LogP contribution in [0.15, 0.2) is 75.5 Å². The van der Waals surface area contributed by atoms with Gasteiger partial charge in [0.25, 0.3) is 5.91 Å². The van der Waals surface area contributed by atoms with Gasteiger partial charge in [-0.2, -0.15) is 13.2 Å². The van der Waals surface area contributed by atoms with Crippen molar-refractivity contribution in [2.45, 2.75) is 19.6 Å². The molecule has 0 saturated heterocycles. The summed E-state index contributed by atoms with van der Waals surface area (Å²) in [7, 11) is 1.71. The highest BCUT2D eigenvalue weighted by molar-refractivity contribution is 7.09. The smallest absolute Gasteiger partial charge is 0.348 e. The number of carbonyl (C=O) groups is 2. The number of rotatable bonds is 7. The molecule has 4 rings (SSSR count). The van der Waals surface area contributed by atoms with E-state index in [-0.39, 0.29) is 24.6 Å². The lowest BCUT2D eigenvalue weighted by Gasteiger charge is -2.25. The molecule has 7 nitrogen and oxygen atoms in total. The maximum atomic E-state index is 13.4. The Morgan fingerprint density at radius 3 is 2.38 bits per heavy atom. The fourth-order valence-corrected chi connectivity index (χ4v) is 5.08. The minimum absolute atomic E-state index is 0.134. The molecule has 0 unspecified atom stereocenters. The molecule has 0 atom stereocenters. The molecule has 11 heteroatoms. The summed E-state index contributed by atoms with van der Waals surface area (Å²) in [6.45, 7) is 7.27. The Morgan fingerprint density at radius 1 is 1.14 bits per heavy atom. The number of hydrogen-bond donors (Lipinski definition) is 0. The lowest BCUT2D eigenvalue weighted by atomic mass is 10.1. The number of allylic oxidation sites excluding steroid dienone is 2. The summed E-state index contributed by atoms with van der Waals surface area (Å²) in [5, 5.41) is 2.71. The first-order chi connectivity index (χ1) is 17.6.